The molecule has 2 aliphatic rings. The minimum absolute atomic E-state index is 0.119. The van der Waals surface area contributed by atoms with Gasteiger partial charge in [0, 0.05) is 68.5 Å². The van der Waals surface area contributed by atoms with Gasteiger partial charge in [-0.1, -0.05) is 11.6 Å². The second-order valence-corrected chi connectivity index (χ2v) is 6.09. The molecule has 3 rings (SSSR count). The number of halogens is 1. The van der Waals surface area contributed by atoms with Crippen LogP contribution >= 0.6 is 11.6 Å². The molecular weight excluding hydrogens is 292 g/mol. The molecule has 2 saturated heterocycles. The highest BCUT2D eigenvalue weighted by atomic mass is 35.5. The zero-order chi connectivity index (χ0) is 14.8. The third-order valence-corrected chi connectivity index (χ3v) is 4.56. The summed E-state index contributed by atoms with van der Waals surface area (Å²) in [6, 6.07) is 5.60. The van der Waals surface area contributed by atoms with Crippen LogP contribution in [0, 0.1) is 10.1 Å². The maximum Gasteiger partial charge on any atom is 0.275 e. The van der Waals surface area contributed by atoms with Crippen LogP contribution in [-0.2, 0) is 6.54 Å². The van der Waals surface area contributed by atoms with Crippen molar-refractivity contribution in [3.05, 3.63) is 38.9 Å². The van der Waals surface area contributed by atoms with Crippen molar-refractivity contribution in [3.63, 3.8) is 0 Å². The molecule has 2 heterocycles. The number of nitro groups is 1. The summed E-state index contributed by atoms with van der Waals surface area (Å²) in [4.78, 5) is 15.5. The molecule has 1 N–H and O–H groups in total. The largest absolute Gasteiger partial charge is 0.314 e. The van der Waals surface area contributed by atoms with Gasteiger partial charge >= 0.3 is 0 Å². The van der Waals surface area contributed by atoms with Gasteiger partial charge in [-0.2, -0.15) is 0 Å². The SMILES string of the molecule is O=[N+]([O-])c1cc(Cl)ccc1CN1CCN(C2CNC2)CC1. The van der Waals surface area contributed by atoms with E-state index in [1.165, 1.54) is 6.07 Å². The molecule has 0 spiro atoms. The summed E-state index contributed by atoms with van der Waals surface area (Å²) in [5.74, 6) is 0. The maximum absolute atomic E-state index is 11.1. The van der Waals surface area contributed by atoms with Crippen molar-refractivity contribution >= 4 is 17.3 Å². The first-order valence-corrected chi connectivity index (χ1v) is 7.61. The van der Waals surface area contributed by atoms with E-state index in [2.05, 4.69) is 15.1 Å². The molecule has 0 radical (unpaired) electrons. The average Bonchev–Trinajstić information content (AvgIpc) is 2.41. The lowest BCUT2D eigenvalue weighted by molar-refractivity contribution is -0.385. The smallest absolute Gasteiger partial charge is 0.275 e. The van der Waals surface area contributed by atoms with E-state index < -0.39 is 0 Å². The first kappa shape index (κ1) is 14.7. The Morgan fingerprint density at radius 2 is 2.00 bits per heavy atom. The first-order chi connectivity index (χ1) is 10.1. The third kappa shape index (κ3) is 3.35. The Morgan fingerprint density at radius 3 is 2.57 bits per heavy atom. The van der Waals surface area contributed by atoms with Gasteiger partial charge in [-0.3, -0.25) is 19.9 Å². The van der Waals surface area contributed by atoms with E-state index in [1.807, 2.05) is 0 Å². The number of rotatable bonds is 4. The van der Waals surface area contributed by atoms with Gasteiger partial charge < -0.3 is 5.32 Å². The number of nitrogens with zero attached hydrogens (tertiary/aromatic N) is 3. The fourth-order valence-electron chi connectivity index (χ4n) is 2.90. The molecule has 0 bridgehead atoms. The summed E-state index contributed by atoms with van der Waals surface area (Å²) >= 11 is 5.85. The van der Waals surface area contributed by atoms with Crippen molar-refractivity contribution < 1.29 is 4.92 Å². The first-order valence-electron chi connectivity index (χ1n) is 7.23. The number of benzene rings is 1. The number of piperazine rings is 1. The minimum Gasteiger partial charge on any atom is -0.314 e. The monoisotopic (exact) mass is 310 g/mol. The van der Waals surface area contributed by atoms with E-state index in [-0.39, 0.29) is 10.6 Å². The predicted molar refractivity (Wildman–Crippen MR) is 81.6 cm³/mol. The Hall–Kier alpha value is -1.21. The lowest BCUT2D eigenvalue weighted by Gasteiger charge is -2.43. The Kier molecular flexibility index (Phi) is 4.40. The molecular formula is C14H19ClN4O2. The topological polar surface area (TPSA) is 61.7 Å². The minimum atomic E-state index is -0.350. The van der Waals surface area contributed by atoms with E-state index >= 15 is 0 Å². The van der Waals surface area contributed by atoms with Crippen LogP contribution in [0.3, 0.4) is 0 Å². The molecule has 7 heteroatoms. The number of hydrogen-bond donors (Lipinski definition) is 1. The van der Waals surface area contributed by atoms with E-state index in [9.17, 15) is 10.1 Å². The van der Waals surface area contributed by atoms with Crippen molar-refractivity contribution in [2.75, 3.05) is 39.3 Å². The molecule has 0 aliphatic carbocycles. The van der Waals surface area contributed by atoms with Crippen LogP contribution < -0.4 is 5.32 Å². The fourth-order valence-corrected chi connectivity index (χ4v) is 3.07. The third-order valence-electron chi connectivity index (χ3n) is 4.32. The maximum atomic E-state index is 11.1. The Labute approximate surface area is 128 Å². The molecule has 0 atom stereocenters. The van der Waals surface area contributed by atoms with Gasteiger partial charge in [-0.15, -0.1) is 0 Å². The normalized spacial score (nSPS) is 21.2. The highest BCUT2D eigenvalue weighted by Gasteiger charge is 2.28. The zero-order valence-corrected chi connectivity index (χ0v) is 12.6. The van der Waals surface area contributed by atoms with Crippen molar-refractivity contribution in [2.45, 2.75) is 12.6 Å². The summed E-state index contributed by atoms with van der Waals surface area (Å²) in [7, 11) is 0. The molecule has 1 aromatic carbocycles. The van der Waals surface area contributed by atoms with Gasteiger partial charge in [0.2, 0.25) is 0 Å². The standard InChI is InChI=1S/C14H19ClN4O2/c15-12-2-1-11(14(7-12)19(20)21)10-17-3-5-18(6-4-17)13-8-16-9-13/h1-2,7,13,16H,3-6,8-10H2. The van der Waals surface area contributed by atoms with E-state index in [4.69, 9.17) is 11.6 Å². The Balaban J connectivity index is 1.61. The van der Waals surface area contributed by atoms with Gasteiger partial charge in [0.15, 0.2) is 0 Å². The van der Waals surface area contributed by atoms with E-state index in [0.717, 1.165) is 44.8 Å². The summed E-state index contributed by atoms with van der Waals surface area (Å²) in [6.45, 7) is 6.77. The van der Waals surface area contributed by atoms with Crippen LogP contribution in [0.5, 0.6) is 0 Å². The summed E-state index contributed by atoms with van der Waals surface area (Å²) in [6.07, 6.45) is 0. The molecule has 0 amide bonds. The van der Waals surface area contributed by atoms with Crippen molar-refractivity contribution in [3.8, 4) is 0 Å². The lowest BCUT2D eigenvalue weighted by Crippen LogP contribution is -2.61. The van der Waals surface area contributed by atoms with Crippen LogP contribution in [0.2, 0.25) is 5.02 Å². The van der Waals surface area contributed by atoms with Crippen LogP contribution in [0.1, 0.15) is 5.56 Å². The summed E-state index contributed by atoms with van der Waals surface area (Å²) in [5, 5.41) is 14.8. The molecule has 21 heavy (non-hydrogen) atoms. The molecule has 0 unspecified atom stereocenters. The van der Waals surface area contributed by atoms with Gasteiger partial charge in [0.1, 0.15) is 0 Å². The van der Waals surface area contributed by atoms with Gasteiger partial charge in [-0.25, -0.2) is 0 Å². The van der Waals surface area contributed by atoms with E-state index in [1.54, 1.807) is 12.1 Å². The lowest BCUT2D eigenvalue weighted by atomic mass is 10.1. The Bertz CT molecular complexity index is 528. The molecule has 2 aliphatic heterocycles. The van der Waals surface area contributed by atoms with Crippen LogP contribution in [0.4, 0.5) is 5.69 Å². The molecule has 0 aromatic heterocycles. The second kappa shape index (κ2) is 6.27. The van der Waals surface area contributed by atoms with Crippen molar-refractivity contribution in [1.29, 1.82) is 0 Å². The predicted octanol–water partition coefficient (Wildman–Crippen LogP) is 1.34. The van der Waals surface area contributed by atoms with Crippen LogP contribution in [0.15, 0.2) is 18.2 Å². The Morgan fingerprint density at radius 1 is 1.29 bits per heavy atom. The van der Waals surface area contributed by atoms with Gasteiger partial charge in [-0.05, 0) is 12.1 Å². The van der Waals surface area contributed by atoms with Crippen molar-refractivity contribution in [2.24, 2.45) is 0 Å². The van der Waals surface area contributed by atoms with Crippen LogP contribution in [-0.4, -0.2) is 60.0 Å². The quantitative estimate of drug-likeness (QED) is 0.672. The summed E-state index contributed by atoms with van der Waals surface area (Å²) in [5.41, 5.74) is 0.858. The van der Waals surface area contributed by atoms with Gasteiger partial charge in [0.05, 0.1) is 4.92 Å². The van der Waals surface area contributed by atoms with Gasteiger partial charge in [0.25, 0.3) is 5.69 Å². The zero-order valence-electron chi connectivity index (χ0n) is 11.8. The molecule has 6 nitrogen and oxygen atoms in total. The van der Waals surface area contributed by atoms with Crippen molar-refractivity contribution in [1.82, 2.24) is 15.1 Å². The second-order valence-electron chi connectivity index (χ2n) is 5.65. The molecule has 0 saturated carbocycles. The van der Waals surface area contributed by atoms with E-state index in [0.29, 0.717) is 17.6 Å². The number of nitro benzene ring substituents is 1. The molecule has 114 valence electrons. The average molecular weight is 311 g/mol. The fraction of sp³-hybridized carbons (Fsp3) is 0.571. The molecule has 2 fully saturated rings. The molecule has 1 aromatic rings. The highest BCUT2D eigenvalue weighted by molar-refractivity contribution is 6.30. The highest BCUT2D eigenvalue weighted by Crippen LogP contribution is 2.25. The number of hydrogen-bond acceptors (Lipinski definition) is 5. The summed E-state index contributed by atoms with van der Waals surface area (Å²) < 4.78 is 0. The van der Waals surface area contributed by atoms with Crippen LogP contribution in [0.25, 0.3) is 0 Å². The number of nitrogens with one attached hydrogen (secondary N) is 1.